The Balaban J connectivity index is 1.56. The lowest BCUT2D eigenvalue weighted by molar-refractivity contribution is -0.124. The molecule has 0 spiro atoms. The van der Waals surface area contributed by atoms with E-state index in [1.165, 1.54) is 11.3 Å². The van der Waals surface area contributed by atoms with Gasteiger partial charge >= 0.3 is 5.97 Å². The van der Waals surface area contributed by atoms with Crippen LogP contribution in [0.25, 0.3) is 5.69 Å². The lowest BCUT2D eigenvalue weighted by atomic mass is 10.1. The molecule has 1 amide bonds. The molecule has 3 aromatic rings. The molecule has 0 aliphatic rings. The molecule has 0 aliphatic carbocycles. The molecule has 0 bridgehead atoms. The van der Waals surface area contributed by atoms with Crippen LogP contribution in [-0.2, 0) is 9.53 Å². The van der Waals surface area contributed by atoms with Gasteiger partial charge in [-0.25, -0.2) is 4.79 Å². The van der Waals surface area contributed by atoms with Crippen LogP contribution in [0.5, 0.6) is 0 Å². The SMILES string of the molecule is CC(NC(=O)COC(=O)c1sccc1-n1cccc1)c1ccccc1. The Morgan fingerprint density at radius 1 is 1.12 bits per heavy atom. The molecular formula is C19H18N2O3S. The summed E-state index contributed by atoms with van der Waals surface area (Å²) in [7, 11) is 0. The molecule has 6 heteroatoms. The minimum absolute atomic E-state index is 0.149. The summed E-state index contributed by atoms with van der Waals surface area (Å²) in [6.07, 6.45) is 3.71. The quantitative estimate of drug-likeness (QED) is 0.689. The number of ether oxygens (including phenoxy) is 1. The summed E-state index contributed by atoms with van der Waals surface area (Å²) < 4.78 is 7.01. The fourth-order valence-corrected chi connectivity index (χ4v) is 3.24. The van der Waals surface area contributed by atoms with Gasteiger partial charge in [-0.15, -0.1) is 11.3 Å². The highest BCUT2D eigenvalue weighted by Crippen LogP contribution is 2.22. The minimum Gasteiger partial charge on any atom is -0.451 e. The van der Waals surface area contributed by atoms with Gasteiger partial charge in [0.15, 0.2) is 6.61 Å². The maximum atomic E-state index is 12.3. The van der Waals surface area contributed by atoms with E-state index in [2.05, 4.69) is 5.32 Å². The van der Waals surface area contributed by atoms with Crippen LogP contribution in [0.3, 0.4) is 0 Å². The van der Waals surface area contributed by atoms with E-state index in [1.807, 2.05) is 77.8 Å². The van der Waals surface area contributed by atoms with Crippen molar-refractivity contribution in [2.24, 2.45) is 0 Å². The fourth-order valence-electron chi connectivity index (χ4n) is 2.46. The fraction of sp³-hybridized carbons (Fsp3) is 0.158. The lowest BCUT2D eigenvalue weighted by Gasteiger charge is -2.14. The molecule has 1 N–H and O–H groups in total. The highest BCUT2D eigenvalue weighted by Gasteiger charge is 2.18. The van der Waals surface area contributed by atoms with Gasteiger partial charge in [0.25, 0.3) is 5.91 Å². The molecule has 0 saturated carbocycles. The average Bonchev–Trinajstić information content (AvgIpc) is 3.31. The Labute approximate surface area is 149 Å². The third kappa shape index (κ3) is 4.16. The van der Waals surface area contributed by atoms with Crippen LogP contribution in [0.1, 0.15) is 28.2 Å². The largest absolute Gasteiger partial charge is 0.451 e. The molecule has 1 aromatic carbocycles. The van der Waals surface area contributed by atoms with Gasteiger partial charge in [0.05, 0.1) is 11.7 Å². The summed E-state index contributed by atoms with van der Waals surface area (Å²) in [6, 6.07) is 15.1. The number of carbonyl (C=O) groups is 2. The van der Waals surface area contributed by atoms with Gasteiger partial charge in [-0.05, 0) is 36.1 Å². The number of esters is 1. The van der Waals surface area contributed by atoms with Crippen molar-refractivity contribution in [2.75, 3.05) is 6.61 Å². The van der Waals surface area contributed by atoms with Gasteiger partial charge in [0, 0.05) is 12.4 Å². The number of amides is 1. The predicted octanol–water partition coefficient (Wildman–Crippen LogP) is 3.57. The number of hydrogen-bond acceptors (Lipinski definition) is 4. The molecule has 0 radical (unpaired) electrons. The maximum absolute atomic E-state index is 12.3. The summed E-state index contributed by atoms with van der Waals surface area (Å²) >= 11 is 1.29. The normalized spacial score (nSPS) is 11.7. The van der Waals surface area contributed by atoms with Crippen LogP contribution in [0.4, 0.5) is 0 Å². The van der Waals surface area contributed by atoms with Crippen LogP contribution < -0.4 is 5.32 Å². The molecule has 1 unspecified atom stereocenters. The van der Waals surface area contributed by atoms with E-state index in [9.17, 15) is 9.59 Å². The number of nitrogens with one attached hydrogen (secondary N) is 1. The Bertz CT molecular complexity index is 841. The van der Waals surface area contributed by atoms with E-state index >= 15 is 0 Å². The highest BCUT2D eigenvalue weighted by molar-refractivity contribution is 7.12. The number of carbonyl (C=O) groups excluding carboxylic acids is 2. The Morgan fingerprint density at radius 2 is 1.84 bits per heavy atom. The first kappa shape index (κ1) is 17.0. The summed E-state index contributed by atoms with van der Waals surface area (Å²) in [5.74, 6) is -0.829. The predicted molar refractivity (Wildman–Crippen MR) is 96.9 cm³/mol. The van der Waals surface area contributed by atoms with Crippen molar-refractivity contribution in [1.82, 2.24) is 9.88 Å². The summed E-state index contributed by atoms with van der Waals surface area (Å²) in [5.41, 5.74) is 1.74. The molecular weight excluding hydrogens is 336 g/mol. The molecule has 1 atom stereocenters. The second-order valence-corrected chi connectivity index (χ2v) is 6.42. The maximum Gasteiger partial charge on any atom is 0.350 e. The number of hydrogen-bond donors (Lipinski definition) is 1. The van der Waals surface area contributed by atoms with E-state index in [1.54, 1.807) is 0 Å². The highest BCUT2D eigenvalue weighted by atomic mass is 32.1. The summed E-state index contributed by atoms with van der Waals surface area (Å²) in [4.78, 5) is 24.8. The summed E-state index contributed by atoms with van der Waals surface area (Å²) in [5, 5.41) is 4.64. The van der Waals surface area contributed by atoms with Crippen molar-refractivity contribution in [3.05, 3.63) is 76.7 Å². The molecule has 0 aliphatic heterocycles. The summed E-state index contributed by atoms with van der Waals surface area (Å²) in [6.45, 7) is 1.58. The first-order valence-corrected chi connectivity index (χ1v) is 8.75. The first-order chi connectivity index (χ1) is 12.1. The minimum atomic E-state index is -0.499. The van der Waals surface area contributed by atoms with Crippen molar-refractivity contribution in [2.45, 2.75) is 13.0 Å². The van der Waals surface area contributed by atoms with Crippen molar-refractivity contribution in [1.29, 1.82) is 0 Å². The van der Waals surface area contributed by atoms with Crippen LogP contribution >= 0.6 is 11.3 Å². The number of rotatable bonds is 6. The van der Waals surface area contributed by atoms with E-state index in [-0.39, 0.29) is 18.6 Å². The monoisotopic (exact) mass is 354 g/mol. The van der Waals surface area contributed by atoms with Crippen LogP contribution in [-0.4, -0.2) is 23.1 Å². The Morgan fingerprint density at radius 3 is 2.56 bits per heavy atom. The smallest absolute Gasteiger partial charge is 0.350 e. The third-order valence-electron chi connectivity index (χ3n) is 3.72. The number of aromatic nitrogens is 1. The molecule has 25 heavy (non-hydrogen) atoms. The van der Waals surface area contributed by atoms with E-state index < -0.39 is 5.97 Å². The van der Waals surface area contributed by atoms with Gasteiger partial charge in [0.2, 0.25) is 0 Å². The van der Waals surface area contributed by atoms with Gasteiger partial charge in [-0.3, -0.25) is 4.79 Å². The molecule has 2 heterocycles. The van der Waals surface area contributed by atoms with Crippen molar-refractivity contribution in [3.8, 4) is 5.69 Å². The second kappa shape index (κ2) is 7.81. The first-order valence-electron chi connectivity index (χ1n) is 7.87. The topological polar surface area (TPSA) is 60.3 Å². The third-order valence-corrected chi connectivity index (χ3v) is 4.61. The van der Waals surface area contributed by atoms with E-state index in [0.29, 0.717) is 4.88 Å². The molecule has 3 rings (SSSR count). The average molecular weight is 354 g/mol. The zero-order chi connectivity index (χ0) is 17.6. The van der Waals surface area contributed by atoms with Crippen LogP contribution in [0.15, 0.2) is 66.3 Å². The Kier molecular flexibility index (Phi) is 5.30. The van der Waals surface area contributed by atoms with Gasteiger partial charge in [-0.2, -0.15) is 0 Å². The van der Waals surface area contributed by atoms with Gasteiger partial charge < -0.3 is 14.6 Å². The van der Waals surface area contributed by atoms with Gasteiger partial charge in [-0.1, -0.05) is 30.3 Å². The molecule has 5 nitrogen and oxygen atoms in total. The number of nitrogens with zero attached hydrogens (tertiary/aromatic N) is 1. The van der Waals surface area contributed by atoms with Crippen LogP contribution in [0, 0.1) is 0 Å². The zero-order valence-electron chi connectivity index (χ0n) is 13.7. The van der Waals surface area contributed by atoms with Gasteiger partial charge in [0.1, 0.15) is 4.88 Å². The molecule has 0 fully saturated rings. The number of benzene rings is 1. The standard InChI is InChI=1S/C19H18N2O3S/c1-14(15-7-3-2-4-8-15)20-17(22)13-24-19(23)18-16(9-12-25-18)21-10-5-6-11-21/h2-12,14H,13H2,1H3,(H,20,22). The molecule has 2 aromatic heterocycles. The molecule has 0 saturated heterocycles. The van der Waals surface area contributed by atoms with Crippen molar-refractivity contribution >= 4 is 23.2 Å². The second-order valence-electron chi connectivity index (χ2n) is 5.50. The zero-order valence-corrected chi connectivity index (χ0v) is 14.5. The van der Waals surface area contributed by atoms with Crippen molar-refractivity contribution < 1.29 is 14.3 Å². The lowest BCUT2D eigenvalue weighted by Crippen LogP contribution is -2.31. The Hall–Kier alpha value is -2.86. The van der Waals surface area contributed by atoms with Crippen LogP contribution in [0.2, 0.25) is 0 Å². The van der Waals surface area contributed by atoms with E-state index in [0.717, 1.165) is 11.3 Å². The molecule has 128 valence electrons. The van der Waals surface area contributed by atoms with Crippen molar-refractivity contribution in [3.63, 3.8) is 0 Å². The number of thiophene rings is 1. The van der Waals surface area contributed by atoms with E-state index in [4.69, 9.17) is 4.74 Å².